The number of benzene rings is 1. The first-order chi connectivity index (χ1) is 8.41. The largest absolute Gasteiger partial charge is 0.396 e. The molecule has 1 rings (SSSR count). The summed E-state index contributed by atoms with van der Waals surface area (Å²) in [5.74, 6) is 0. The number of rotatable bonds is 6. The van der Waals surface area contributed by atoms with Crippen molar-refractivity contribution in [3.05, 3.63) is 34.9 Å². The van der Waals surface area contributed by atoms with Gasteiger partial charge in [0.2, 0.25) is 0 Å². The van der Waals surface area contributed by atoms with Crippen molar-refractivity contribution in [1.82, 2.24) is 5.32 Å². The van der Waals surface area contributed by atoms with Crippen molar-refractivity contribution in [2.75, 3.05) is 13.2 Å². The molecule has 2 N–H and O–H groups in total. The number of hydrogen-bond donors (Lipinski definition) is 2. The molecule has 1 aromatic carbocycles. The van der Waals surface area contributed by atoms with Crippen LogP contribution in [-0.4, -0.2) is 18.3 Å². The van der Waals surface area contributed by atoms with E-state index in [0.717, 1.165) is 13.0 Å². The SMILES string of the molecule is CCC(C)(CO)CNC(C)c1cc(C)ccc1C. The van der Waals surface area contributed by atoms with Crippen molar-refractivity contribution in [2.45, 2.75) is 47.1 Å². The summed E-state index contributed by atoms with van der Waals surface area (Å²) in [6, 6.07) is 6.89. The first-order valence-electron chi connectivity index (χ1n) is 6.83. The smallest absolute Gasteiger partial charge is 0.0496 e. The summed E-state index contributed by atoms with van der Waals surface area (Å²) in [5, 5.41) is 13.0. The van der Waals surface area contributed by atoms with Crippen LogP contribution in [0, 0.1) is 19.3 Å². The summed E-state index contributed by atoms with van der Waals surface area (Å²) in [6.45, 7) is 11.8. The molecular weight excluding hydrogens is 222 g/mol. The van der Waals surface area contributed by atoms with Gasteiger partial charge in [0.15, 0.2) is 0 Å². The van der Waals surface area contributed by atoms with Gasteiger partial charge in [-0.05, 0) is 38.3 Å². The molecule has 0 radical (unpaired) electrons. The van der Waals surface area contributed by atoms with E-state index in [2.05, 4.69) is 58.1 Å². The molecule has 0 aromatic heterocycles. The topological polar surface area (TPSA) is 32.3 Å². The van der Waals surface area contributed by atoms with Crippen LogP contribution in [0.5, 0.6) is 0 Å². The van der Waals surface area contributed by atoms with E-state index < -0.39 is 0 Å². The second-order valence-electron chi connectivity index (χ2n) is 5.78. The molecule has 0 amide bonds. The van der Waals surface area contributed by atoms with Crippen molar-refractivity contribution in [3.63, 3.8) is 0 Å². The van der Waals surface area contributed by atoms with Crippen molar-refractivity contribution in [1.29, 1.82) is 0 Å². The number of aliphatic hydroxyl groups is 1. The summed E-state index contributed by atoms with van der Waals surface area (Å²) < 4.78 is 0. The van der Waals surface area contributed by atoms with Crippen LogP contribution in [0.25, 0.3) is 0 Å². The second-order valence-corrected chi connectivity index (χ2v) is 5.78. The van der Waals surface area contributed by atoms with Gasteiger partial charge in [0.25, 0.3) is 0 Å². The predicted molar refractivity (Wildman–Crippen MR) is 77.8 cm³/mol. The minimum Gasteiger partial charge on any atom is -0.396 e. The van der Waals surface area contributed by atoms with Gasteiger partial charge in [0.1, 0.15) is 0 Å². The van der Waals surface area contributed by atoms with Crippen molar-refractivity contribution < 1.29 is 5.11 Å². The Balaban J connectivity index is 2.71. The second kappa shape index (κ2) is 6.35. The molecule has 2 nitrogen and oxygen atoms in total. The summed E-state index contributed by atoms with van der Waals surface area (Å²) in [6.07, 6.45) is 0.982. The Hall–Kier alpha value is -0.860. The van der Waals surface area contributed by atoms with E-state index >= 15 is 0 Å². The molecule has 0 spiro atoms. The van der Waals surface area contributed by atoms with Crippen LogP contribution in [0.4, 0.5) is 0 Å². The average Bonchev–Trinajstić information content (AvgIpc) is 2.38. The maximum absolute atomic E-state index is 9.43. The molecule has 2 heteroatoms. The van der Waals surface area contributed by atoms with E-state index in [1.54, 1.807) is 0 Å². The zero-order valence-electron chi connectivity index (χ0n) is 12.4. The van der Waals surface area contributed by atoms with E-state index in [4.69, 9.17) is 0 Å². The fourth-order valence-electron chi connectivity index (χ4n) is 2.03. The highest BCUT2D eigenvalue weighted by atomic mass is 16.3. The van der Waals surface area contributed by atoms with Gasteiger partial charge in [0.05, 0.1) is 0 Å². The van der Waals surface area contributed by atoms with E-state index in [0.29, 0.717) is 6.04 Å². The molecule has 0 aliphatic rings. The first-order valence-corrected chi connectivity index (χ1v) is 6.83. The number of aliphatic hydroxyl groups excluding tert-OH is 1. The normalized spacial score (nSPS) is 16.3. The maximum atomic E-state index is 9.43. The summed E-state index contributed by atoms with van der Waals surface area (Å²) in [4.78, 5) is 0. The third-order valence-corrected chi connectivity index (χ3v) is 3.97. The van der Waals surface area contributed by atoms with Gasteiger partial charge in [-0.2, -0.15) is 0 Å². The lowest BCUT2D eigenvalue weighted by Crippen LogP contribution is -2.35. The van der Waals surface area contributed by atoms with E-state index in [-0.39, 0.29) is 12.0 Å². The fourth-order valence-corrected chi connectivity index (χ4v) is 2.03. The van der Waals surface area contributed by atoms with Gasteiger partial charge >= 0.3 is 0 Å². The molecular formula is C16H27NO. The minimum absolute atomic E-state index is 0.0218. The van der Waals surface area contributed by atoms with E-state index in [9.17, 15) is 5.11 Å². The Bertz CT molecular complexity index is 383. The molecule has 0 heterocycles. The first kappa shape index (κ1) is 15.2. The van der Waals surface area contributed by atoms with Gasteiger partial charge in [-0.25, -0.2) is 0 Å². The highest BCUT2D eigenvalue weighted by Gasteiger charge is 2.21. The molecule has 0 aliphatic heterocycles. The Morgan fingerprint density at radius 3 is 2.56 bits per heavy atom. The molecule has 102 valence electrons. The zero-order valence-corrected chi connectivity index (χ0v) is 12.4. The van der Waals surface area contributed by atoms with Crippen LogP contribution >= 0.6 is 0 Å². The average molecular weight is 249 g/mol. The minimum atomic E-state index is -0.0218. The maximum Gasteiger partial charge on any atom is 0.0496 e. The summed E-state index contributed by atoms with van der Waals surface area (Å²) in [7, 11) is 0. The van der Waals surface area contributed by atoms with Gasteiger partial charge in [-0.15, -0.1) is 0 Å². The van der Waals surface area contributed by atoms with E-state index in [1.807, 2.05) is 0 Å². The van der Waals surface area contributed by atoms with Crippen LogP contribution in [0.3, 0.4) is 0 Å². The monoisotopic (exact) mass is 249 g/mol. The van der Waals surface area contributed by atoms with E-state index in [1.165, 1.54) is 16.7 Å². The molecule has 1 aromatic rings. The van der Waals surface area contributed by atoms with Crippen LogP contribution in [0.1, 0.15) is 49.9 Å². The van der Waals surface area contributed by atoms with Crippen LogP contribution in [-0.2, 0) is 0 Å². The lowest BCUT2D eigenvalue weighted by Gasteiger charge is -2.28. The van der Waals surface area contributed by atoms with Crippen molar-refractivity contribution in [2.24, 2.45) is 5.41 Å². The van der Waals surface area contributed by atoms with Gasteiger partial charge in [0, 0.05) is 24.6 Å². The molecule has 0 aliphatic carbocycles. The van der Waals surface area contributed by atoms with Crippen molar-refractivity contribution in [3.8, 4) is 0 Å². The van der Waals surface area contributed by atoms with Crippen LogP contribution < -0.4 is 5.32 Å². The Morgan fingerprint density at radius 2 is 2.00 bits per heavy atom. The van der Waals surface area contributed by atoms with Gasteiger partial charge < -0.3 is 10.4 Å². The van der Waals surface area contributed by atoms with Crippen LogP contribution in [0.2, 0.25) is 0 Å². The molecule has 0 saturated carbocycles. The summed E-state index contributed by atoms with van der Waals surface area (Å²) in [5.41, 5.74) is 3.95. The highest BCUT2D eigenvalue weighted by Crippen LogP contribution is 2.23. The lowest BCUT2D eigenvalue weighted by atomic mass is 9.88. The number of nitrogens with one attached hydrogen (secondary N) is 1. The molecule has 0 bridgehead atoms. The third kappa shape index (κ3) is 3.82. The number of aryl methyl sites for hydroxylation is 2. The molecule has 18 heavy (non-hydrogen) atoms. The fraction of sp³-hybridized carbons (Fsp3) is 0.625. The van der Waals surface area contributed by atoms with Crippen LogP contribution in [0.15, 0.2) is 18.2 Å². The standard InChI is InChI=1S/C16H27NO/c1-6-16(5,11-18)10-17-14(4)15-9-12(2)7-8-13(15)3/h7-9,14,17-18H,6,10-11H2,1-5H3. The Morgan fingerprint density at radius 1 is 1.33 bits per heavy atom. The molecule has 2 atom stereocenters. The molecule has 0 saturated heterocycles. The predicted octanol–water partition coefficient (Wildman–Crippen LogP) is 3.36. The molecule has 0 fully saturated rings. The Kier molecular flexibility index (Phi) is 5.36. The Labute approximate surface area is 111 Å². The van der Waals surface area contributed by atoms with Gasteiger partial charge in [-0.1, -0.05) is 37.6 Å². The molecule has 2 unspecified atom stereocenters. The quantitative estimate of drug-likeness (QED) is 0.810. The summed E-state index contributed by atoms with van der Waals surface area (Å²) >= 11 is 0. The highest BCUT2D eigenvalue weighted by molar-refractivity contribution is 5.32. The zero-order chi connectivity index (χ0) is 13.8. The van der Waals surface area contributed by atoms with Crippen molar-refractivity contribution >= 4 is 0 Å². The van der Waals surface area contributed by atoms with Gasteiger partial charge in [-0.3, -0.25) is 0 Å². The lowest BCUT2D eigenvalue weighted by molar-refractivity contribution is 0.132. The number of hydrogen-bond acceptors (Lipinski definition) is 2. The third-order valence-electron chi connectivity index (χ3n) is 3.97.